The molecule has 1 aromatic heterocycles. The van der Waals surface area contributed by atoms with Gasteiger partial charge < -0.3 is 14.4 Å². The first-order chi connectivity index (χ1) is 14.0. The van der Waals surface area contributed by atoms with E-state index in [0.29, 0.717) is 29.7 Å². The Morgan fingerprint density at radius 1 is 1.00 bits per heavy atom. The number of fused-ring (bicyclic) bond motifs is 1. The summed E-state index contributed by atoms with van der Waals surface area (Å²) in [6.45, 7) is 5.11. The fourth-order valence-electron chi connectivity index (χ4n) is 3.44. The Labute approximate surface area is 175 Å². The van der Waals surface area contributed by atoms with E-state index in [2.05, 4.69) is 26.0 Å². The number of nitrogens with zero attached hydrogens (tertiary/aromatic N) is 2. The number of imidazole rings is 1. The van der Waals surface area contributed by atoms with Gasteiger partial charge in [0.05, 0.1) is 22.6 Å². The zero-order valence-corrected chi connectivity index (χ0v) is 17.2. The highest BCUT2D eigenvalue weighted by molar-refractivity contribution is 6.32. The normalized spacial score (nSPS) is 12.3. The number of hydrogen-bond donors (Lipinski definition) is 1. The van der Waals surface area contributed by atoms with Gasteiger partial charge in [0.1, 0.15) is 24.3 Å². The summed E-state index contributed by atoms with van der Waals surface area (Å²) in [5.41, 5.74) is 5.03. The molecule has 3 aromatic carbocycles. The highest BCUT2D eigenvalue weighted by Crippen LogP contribution is 2.28. The third-order valence-corrected chi connectivity index (χ3v) is 5.47. The number of aryl methyl sites for hydroxylation is 2. The Hall–Kier alpha value is -2.82. The van der Waals surface area contributed by atoms with Crippen molar-refractivity contribution in [3.63, 3.8) is 0 Å². The first-order valence-corrected chi connectivity index (χ1v) is 10.00. The van der Waals surface area contributed by atoms with Crippen molar-refractivity contribution in [2.75, 3.05) is 6.61 Å². The summed E-state index contributed by atoms with van der Waals surface area (Å²) in [7, 11) is 0. The average molecular weight is 407 g/mol. The maximum absolute atomic E-state index is 11.0. The Morgan fingerprint density at radius 2 is 1.69 bits per heavy atom. The molecule has 0 radical (unpaired) electrons. The summed E-state index contributed by atoms with van der Waals surface area (Å²) < 4.78 is 7.93. The minimum atomic E-state index is -0.815. The van der Waals surface area contributed by atoms with Gasteiger partial charge in [-0.25, -0.2) is 4.98 Å². The minimum absolute atomic E-state index is 0.413. The van der Waals surface area contributed by atoms with Crippen molar-refractivity contribution in [2.24, 2.45) is 0 Å². The van der Waals surface area contributed by atoms with Gasteiger partial charge >= 0.3 is 0 Å². The topological polar surface area (TPSA) is 47.3 Å². The molecule has 0 aliphatic carbocycles. The molecule has 5 heteroatoms. The second-order valence-corrected chi connectivity index (χ2v) is 7.55. The Balaban J connectivity index is 1.70. The van der Waals surface area contributed by atoms with Crippen LogP contribution < -0.4 is 4.74 Å². The third-order valence-electron chi connectivity index (χ3n) is 5.16. The first-order valence-electron chi connectivity index (χ1n) is 9.62. The van der Waals surface area contributed by atoms with E-state index < -0.39 is 6.10 Å². The van der Waals surface area contributed by atoms with Crippen LogP contribution in [-0.4, -0.2) is 21.3 Å². The van der Waals surface area contributed by atoms with Crippen LogP contribution in [0.25, 0.3) is 11.0 Å². The lowest BCUT2D eigenvalue weighted by Crippen LogP contribution is -2.14. The molecule has 1 N–H and O–H groups in total. The van der Waals surface area contributed by atoms with Gasteiger partial charge in [0.2, 0.25) is 0 Å². The van der Waals surface area contributed by atoms with Crippen molar-refractivity contribution in [3.05, 3.63) is 94.3 Å². The lowest BCUT2D eigenvalue weighted by molar-refractivity contribution is 0.201. The number of halogens is 1. The molecule has 0 bridgehead atoms. The SMILES string of the molecule is Cc1cc2nc(C(O)c3ccccc3)n(CCOc3ccccc3Cl)c2cc1C. The molecular formula is C24H23ClN2O2. The van der Waals surface area contributed by atoms with E-state index in [4.69, 9.17) is 21.3 Å². The number of hydrogen-bond acceptors (Lipinski definition) is 3. The summed E-state index contributed by atoms with van der Waals surface area (Å²) in [4.78, 5) is 4.77. The van der Waals surface area contributed by atoms with Gasteiger partial charge in [0, 0.05) is 0 Å². The number of rotatable bonds is 6. The smallest absolute Gasteiger partial charge is 0.143 e. The standard InChI is InChI=1S/C24H23ClN2O2/c1-16-14-20-21(15-17(16)2)27(12-13-29-22-11-7-6-10-19(22)25)24(26-20)23(28)18-8-4-3-5-9-18/h3-11,14-15,23,28H,12-13H2,1-2H3. The van der Waals surface area contributed by atoms with Gasteiger partial charge in [-0.1, -0.05) is 54.1 Å². The van der Waals surface area contributed by atoms with E-state index in [-0.39, 0.29) is 0 Å². The molecule has 4 nitrogen and oxygen atoms in total. The lowest BCUT2D eigenvalue weighted by Gasteiger charge is -2.15. The van der Waals surface area contributed by atoms with Crippen molar-refractivity contribution < 1.29 is 9.84 Å². The molecular weight excluding hydrogens is 384 g/mol. The van der Waals surface area contributed by atoms with Gasteiger partial charge in [-0.3, -0.25) is 0 Å². The molecule has 0 spiro atoms. The van der Waals surface area contributed by atoms with Crippen LogP contribution in [0.1, 0.15) is 28.6 Å². The van der Waals surface area contributed by atoms with Crippen molar-refractivity contribution in [1.29, 1.82) is 0 Å². The van der Waals surface area contributed by atoms with Crippen molar-refractivity contribution in [3.8, 4) is 5.75 Å². The van der Waals surface area contributed by atoms with Crippen molar-refractivity contribution in [2.45, 2.75) is 26.5 Å². The van der Waals surface area contributed by atoms with Crippen molar-refractivity contribution in [1.82, 2.24) is 9.55 Å². The van der Waals surface area contributed by atoms with Crippen LogP contribution in [0.5, 0.6) is 5.75 Å². The third kappa shape index (κ3) is 4.00. The number of ether oxygens (including phenoxy) is 1. The van der Waals surface area contributed by atoms with Crippen LogP contribution in [0.4, 0.5) is 0 Å². The monoisotopic (exact) mass is 406 g/mol. The quantitative estimate of drug-likeness (QED) is 0.462. The Kier molecular flexibility index (Phi) is 5.56. The van der Waals surface area contributed by atoms with Gasteiger partial charge in [-0.05, 0) is 54.8 Å². The molecule has 0 aliphatic heterocycles. The molecule has 0 fully saturated rings. The van der Waals surface area contributed by atoms with Crippen LogP contribution in [0.3, 0.4) is 0 Å². The van der Waals surface area contributed by atoms with E-state index >= 15 is 0 Å². The summed E-state index contributed by atoms with van der Waals surface area (Å²) in [6.07, 6.45) is -0.815. The first kappa shape index (κ1) is 19.5. The van der Waals surface area contributed by atoms with Gasteiger partial charge in [-0.2, -0.15) is 0 Å². The zero-order valence-electron chi connectivity index (χ0n) is 16.5. The fourth-order valence-corrected chi connectivity index (χ4v) is 3.63. The van der Waals surface area contributed by atoms with E-state index in [9.17, 15) is 5.11 Å². The molecule has 0 saturated heterocycles. The minimum Gasteiger partial charge on any atom is -0.490 e. The predicted octanol–water partition coefficient (Wildman–Crippen LogP) is 5.47. The summed E-state index contributed by atoms with van der Waals surface area (Å²) >= 11 is 6.20. The number of aromatic nitrogens is 2. The second kappa shape index (κ2) is 8.27. The van der Waals surface area contributed by atoms with Crippen LogP contribution in [0, 0.1) is 13.8 Å². The number of benzene rings is 3. The van der Waals surface area contributed by atoms with E-state index in [1.54, 1.807) is 6.07 Å². The molecule has 1 unspecified atom stereocenters. The number of aliphatic hydroxyl groups is 1. The molecule has 1 heterocycles. The lowest BCUT2D eigenvalue weighted by atomic mass is 10.1. The Morgan fingerprint density at radius 3 is 2.45 bits per heavy atom. The molecule has 148 valence electrons. The second-order valence-electron chi connectivity index (χ2n) is 7.14. The fraction of sp³-hybridized carbons (Fsp3) is 0.208. The van der Waals surface area contributed by atoms with Crippen molar-refractivity contribution >= 4 is 22.6 Å². The summed E-state index contributed by atoms with van der Waals surface area (Å²) in [6, 6.07) is 21.2. The van der Waals surface area contributed by atoms with Gasteiger partial charge in [0.25, 0.3) is 0 Å². The summed E-state index contributed by atoms with van der Waals surface area (Å²) in [5.74, 6) is 1.26. The molecule has 0 amide bonds. The van der Waals surface area contributed by atoms with Gasteiger partial charge in [0.15, 0.2) is 0 Å². The number of aliphatic hydroxyl groups excluding tert-OH is 1. The highest BCUT2D eigenvalue weighted by atomic mass is 35.5. The highest BCUT2D eigenvalue weighted by Gasteiger charge is 2.20. The number of para-hydroxylation sites is 1. The predicted molar refractivity (Wildman–Crippen MR) is 117 cm³/mol. The molecule has 29 heavy (non-hydrogen) atoms. The molecule has 0 saturated carbocycles. The zero-order chi connectivity index (χ0) is 20.4. The molecule has 4 rings (SSSR count). The van der Waals surface area contributed by atoms with E-state index in [1.165, 1.54) is 11.1 Å². The maximum atomic E-state index is 11.0. The largest absolute Gasteiger partial charge is 0.490 e. The maximum Gasteiger partial charge on any atom is 0.143 e. The van der Waals surface area contributed by atoms with E-state index in [0.717, 1.165) is 16.6 Å². The molecule has 1 atom stereocenters. The van der Waals surface area contributed by atoms with Crippen LogP contribution in [0.15, 0.2) is 66.7 Å². The van der Waals surface area contributed by atoms with Crippen LogP contribution in [-0.2, 0) is 6.54 Å². The van der Waals surface area contributed by atoms with Crippen LogP contribution in [0.2, 0.25) is 5.02 Å². The average Bonchev–Trinajstić information content (AvgIpc) is 3.07. The summed E-state index contributed by atoms with van der Waals surface area (Å²) in [5, 5.41) is 11.6. The Bertz CT molecular complexity index is 1140. The molecule has 4 aromatic rings. The van der Waals surface area contributed by atoms with E-state index in [1.807, 2.05) is 53.1 Å². The van der Waals surface area contributed by atoms with Gasteiger partial charge in [-0.15, -0.1) is 0 Å². The van der Waals surface area contributed by atoms with Crippen LogP contribution >= 0.6 is 11.6 Å². The molecule has 0 aliphatic rings.